The second kappa shape index (κ2) is 8.91. The Kier molecular flexibility index (Phi) is 6.06. The molecule has 8 nitrogen and oxygen atoms in total. The molecule has 3 aromatic rings. The van der Waals surface area contributed by atoms with Crippen LogP contribution in [0.1, 0.15) is 20.7 Å². The van der Waals surface area contributed by atoms with Crippen LogP contribution in [0.25, 0.3) is 10.2 Å². The van der Waals surface area contributed by atoms with Gasteiger partial charge in [-0.2, -0.15) is 0 Å². The Morgan fingerprint density at radius 3 is 2.35 bits per heavy atom. The van der Waals surface area contributed by atoms with E-state index in [2.05, 4.69) is 22.2 Å². The molecule has 1 aromatic heterocycles. The lowest BCUT2D eigenvalue weighted by molar-refractivity contribution is 0.0664. The second-order valence-electron chi connectivity index (χ2n) is 7.29. The smallest absolute Gasteiger partial charge is 0.265 e. The van der Waals surface area contributed by atoms with Crippen molar-refractivity contribution in [2.75, 3.05) is 52.8 Å². The van der Waals surface area contributed by atoms with Crippen LogP contribution in [0.15, 0.2) is 36.4 Å². The van der Waals surface area contributed by atoms with Crippen LogP contribution < -0.4 is 14.8 Å². The number of carbonyl (C=O) groups excluding carboxylic acids is 2. The Balaban J connectivity index is 1.55. The van der Waals surface area contributed by atoms with Crippen molar-refractivity contribution < 1.29 is 19.1 Å². The van der Waals surface area contributed by atoms with Gasteiger partial charge >= 0.3 is 0 Å². The highest BCUT2D eigenvalue weighted by Gasteiger charge is 2.22. The number of hydrogen-bond donors (Lipinski definition) is 1. The fourth-order valence-corrected chi connectivity index (χ4v) is 4.44. The molecule has 31 heavy (non-hydrogen) atoms. The minimum Gasteiger partial charge on any atom is -0.496 e. The summed E-state index contributed by atoms with van der Waals surface area (Å²) in [6.45, 7) is 3.19. The highest BCUT2D eigenvalue weighted by Crippen LogP contribution is 2.31. The van der Waals surface area contributed by atoms with Gasteiger partial charge < -0.3 is 19.3 Å². The lowest BCUT2D eigenvalue weighted by Gasteiger charge is -2.32. The number of rotatable bonds is 5. The van der Waals surface area contributed by atoms with Gasteiger partial charge in [0.2, 0.25) is 0 Å². The van der Waals surface area contributed by atoms with E-state index in [0.29, 0.717) is 27.8 Å². The van der Waals surface area contributed by atoms with Crippen molar-refractivity contribution in [2.45, 2.75) is 0 Å². The lowest BCUT2D eigenvalue weighted by Crippen LogP contribution is -2.47. The van der Waals surface area contributed by atoms with Gasteiger partial charge in [0.05, 0.1) is 24.4 Å². The summed E-state index contributed by atoms with van der Waals surface area (Å²) in [5, 5.41) is 3.26. The van der Waals surface area contributed by atoms with Crippen molar-refractivity contribution in [2.24, 2.45) is 0 Å². The first-order valence-corrected chi connectivity index (χ1v) is 10.7. The van der Waals surface area contributed by atoms with E-state index in [9.17, 15) is 9.59 Å². The van der Waals surface area contributed by atoms with E-state index < -0.39 is 0 Å². The van der Waals surface area contributed by atoms with Crippen molar-refractivity contribution >= 4 is 38.5 Å². The Morgan fingerprint density at radius 1 is 1.03 bits per heavy atom. The molecule has 0 spiro atoms. The number of benzene rings is 2. The number of hydrogen-bond acceptors (Lipinski definition) is 7. The monoisotopic (exact) mass is 440 g/mol. The summed E-state index contributed by atoms with van der Waals surface area (Å²) in [5.41, 5.74) is 1.66. The standard InChI is InChI=1S/C22H24N4O4S/c1-25-9-11-26(12-10-25)21(28)14-7-8-15-18(13-14)31-22(23-15)24-20(27)19-16(29-2)5-4-6-17(19)30-3/h4-8,13H,9-12H2,1-3H3,(H,23,24,27). The normalized spacial score (nSPS) is 14.5. The summed E-state index contributed by atoms with van der Waals surface area (Å²) in [4.78, 5) is 34.3. The summed E-state index contributed by atoms with van der Waals surface area (Å²) < 4.78 is 11.5. The Bertz CT molecular complexity index is 1100. The molecule has 1 N–H and O–H groups in total. The maximum Gasteiger partial charge on any atom is 0.265 e. The first-order valence-electron chi connectivity index (χ1n) is 9.91. The van der Waals surface area contributed by atoms with Crippen molar-refractivity contribution in [1.29, 1.82) is 0 Å². The van der Waals surface area contributed by atoms with Gasteiger partial charge in [-0.05, 0) is 37.4 Å². The van der Waals surface area contributed by atoms with E-state index in [0.717, 1.165) is 36.4 Å². The Labute approximate surface area is 184 Å². The summed E-state index contributed by atoms with van der Waals surface area (Å²) in [7, 11) is 5.06. The Morgan fingerprint density at radius 2 is 1.71 bits per heavy atom. The van der Waals surface area contributed by atoms with Crippen LogP contribution in [0, 0.1) is 0 Å². The third-order valence-electron chi connectivity index (χ3n) is 5.30. The number of anilines is 1. The van der Waals surface area contributed by atoms with Crippen molar-refractivity contribution in [3.05, 3.63) is 47.5 Å². The highest BCUT2D eigenvalue weighted by molar-refractivity contribution is 7.22. The third kappa shape index (κ3) is 4.33. The zero-order valence-corrected chi connectivity index (χ0v) is 18.5. The average Bonchev–Trinajstić information content (AvgIpc) is 3.19. The minimum atomic E-state index is -0.373. The number of ether oxygens (including phenoxy) is 2. The van der Waals surface area contributed by atoms with Crippen molar-refractivity contribution in [3.63, 3.8) is 0 Å². The summed E-state index contributed by atoms with van der Waals surface area (Å²) in [6, 6.07) is 10.6. The maximum atomic E-state index is 12.9. The maximum absolute atomic E-state index is 12.9. The molecular formula is C22H24N4O4S. The topological polar surface area (TPSA) is 84.0 Å². The van der Waals surface area contributed by atoms with Gasteiger partial charge in [0, 0.05) is 31.7 Å². The van der Waals surface area contributed by atoms with Gasteiger partial charge in [-0.25, -0.2) is 4.98 Å². The van der Waals surface area contributed by atoms with Crippen LogP contribution in [0.2, 0.25) is 0 Å². The highest BCUT2D eigenvalue weighted by atomic mass is 32.1. The van der Waals surface area contributed by atoms with Gasteiger partial charge in [0.15, 0.2) is 5.13 Å². The zero-order valence-electron chi connectivity index (χ0n) is 17.7. The van der Waals surface area contributed by atoms with Gasteiger partial charge in [-0.1, -0.05) is 17.4 Å². The first-order chi connectivity index (χ1) is 15.0. The lowest BCUT2D eigenvalue weighted by atomic mass is 10.1. The molecule has 0 radical (unpaired) electrons. The number of nitrogens with one attached hydrogen (secondary N) is 1. The number of nitrogens with zero attached hydrogens (tertiary/aromatic N) is 3. The fourth-order valence-electron chi connectivity index (χ4n) is 3.54. The van der Waals surface area contributed by atoms with E-state index in [-0.39, 0.29) is 11.8 Å². The SMILES string of the molecule is COc1cccc(OC)c1C(=O)Nc1nc2ccc(C(=O)N3CCN(C)CC3)cc2s1. The van der Waals surface area contributed by atoms with E-state index in [4.69, 9.17) is 9.47 Å². The number of methoxy groups -OCH3 is 2. The van der Waals surface area contributed by atoms with Gasteiger partial charge in [-0.15, -0.1) is 0 Å². The van der Waals surface area contributed by atoms with Gasteiger partial charge in [0.25, 0.3) is 11.8 Å². The summed E-state index contributed by atoms with van der Waals surface area (Å²) >= 11 is 1.32. The van der Waals surface area contributed by atoms with E-state index in [1.807, 2.05) is 17.0 Å². The average molecular weight is 441 g/mol. The molecule has 162 valence electrons. The Hall–Kier alpha value is -3.17. The van der Waals surface area contributed by atoms with Gasteiger partial charge in [0.1, 0.15) is 17.1 Å². The van der Waals surface area contributed by atoms with E-state index >= 15 is 0 Å². The predicted molar refractivity (Wildman–Crippen MR) is 121 cm³/mol. The van der Waals surface area contributed by atoms with Crippen LogP contribution in [0.4, 0.5) is 5.13 Å². The molecule has 2 aromatic carbocycles. The quantitative estimate of drug-likeness (QED) is 0.657. The van der Waals surface area contributed by atoms with E-state index in [1.165, 1.54) is 25.6 Å². The molecule has 9 heteroatoms. The number of piperazine rings is 1. The second-order valence-corrected chi connectivity index (χ2v) is 8.32. The number of carbonyl (C=O) groups is 2. The van der Waals surface area contributed by atoms with Crippen molar-refractivity contribution in [3.8, 4) is 11.5 Å². The number of amides is 2. The molecule has 0 unspecified atom stereocenters. The van der Waals surface area contributed by atoms with Crippen LogP contribution in [0.5, 0.6) is 11.5 Å². The number of likely N-dealkylation sites (N-methyl/N-ethyl adjacent to an activating group) is 1. The predicted octanol–water partition coefficient (Wildman–Crippen LogP) is 2.95. The molecule has 1 aliphatic heterocycles. The van der Waals surface area contributed by atoms with Crippen LogP contribution in [-0.4, -0.2) is 74.0 Å². The number of fused-ring (bicyclic) bond motifs is 1. The fraction of sp³-hybridized carbons (Fsp3) is 0.318. The van der Waals surface area contributed by atoms with Crippen molar-refractivity contribution in [1.82, 2.24) is 14.8 Å². The first kappa shape index (κ1) is 21.1. The molecule has 0 aliphatic carbocycles. The third-order valence-corrected chi connectivity index (χ3v) is 6.23. The molecule has 0 bridgehead atoms. The zero-order chi connectivity index (χ0) is 22.0. The molecule has 0 atom stereocenters. The molecule has 1 aliphatic rings. The molecular weight excluding hydrogens is 416 g/mol. The molecule has 0 saturated carbocycles. The molecule has 2 amide bonds. The number of thiazole rings is 1. The van der Waals surface area contributed by atoms with Crippen LogP contribution >= 0.6 is 11.3 Å². The minimum absolute atomic E-state index is 0.0211. The summed E-state index contributed by atoms with van der Waals surface area (Å²) in [6.07, 6.45) is 0. The molecule has 1 fully saturated rings. The van der Waals surface area contributed by atoms with Crippen LogP contribution in [0.3, 0.4) is 0 Å². The molecule has 4 rings (SSSR count). The summed E-state index contributed by atoms with van der Waals surface area (Å²) in [5.74, 6) is 0.478. The molecule has 2 heterocycles. The van der Waals surface area contributed by atoms with Gasteiger partial charge in [-0.3, -0.25) is 14.9 Å². The van der Waals surface area contributed by atoms with E-state index in [1.54, 1.807) is 24.3 Å². The molecule has 1 saturated heterocycles. The number of aromatic nitrogens is 1. The largest absolute Gasteiger partial charge is 0.496 e. The van der Waals surface area contributed by atoms with Crippen LogP contribution in [-0.2, 0) is 0 Å².